The van der Waals surface area contributed by atoms with E-state index in [-0.39, 0.29) is 12.1 Å². The third kappa shape index (κ3) is 5.18. The molecule has 0 radical (unpaired) electrons. The van der Waals surface area contributed by atoms with Gasteiger partial charge in [0.05, 0.1) is 0 Å². The van der Waals surface area contributed by atoms with Gasteiger partial charge >= 0.3 is 0 Å². The number of carbonyl (C=O) groups is 1. The molecule has 0 rings (SSSR count). The molecule has 0 aromatic rings. The number of hydrogen-bond donors (Lipinski definition) is 1. The zero-order chi connectivity index (χ0) is 9.56. The third-order valence-corrected chi connectivity index (χ3v) is 2.24. The van der Waals surface area contributed by atoms with Gasteiger partial charge in [0.1, 0.15) is 6.16 Å². The van der Waals surface area contributed by atoms with Gasteiger partial charge in [-0.15, -0.1) is 0 Å². The van der Waals surface area contributed by atoms with Gasteiger partial charge in [-0.3, -0.25) is 4.79 Å². The number of carbonyl (C=O) groups excluding carboxylic acids is 1. The largest absolute Gasteiger partial charge is 0.610 e. The minimum Gasteiger partial charge on any atom is -0.610 e. The normalized spacial score (nSPS) is 11.5. The van der Waals surface area contributed by atoms with Gasteiger partial charge in [-0.1, -0.05) is 0 Å². The van der Waals surface area contributed by atoms with Crippen molar-refractivity contribution in [3.05, 3.63) is 0 Å². The van der Waals surface area contributed by atoms with Crippen molar-refractivity contribution >= 4 is 13.8 Å². The van der Waals surface area contributed by atoms with Gasteiger partial charge in [-0.2, -0.15) is 0 Å². The lowest BCUT2D eigenvalue weighted by Gasteiger charge is -2.08. The van der Waals surface area contributed by atoms with Crippen molar-refractivity contribution in [2.24, 2.45) is 4.91 Å². The van der Waals surface area contributed by atoms with Gasteiger partial charge in [0.15, 0.2) is 0 Å². The Morgan fingerprint density at radius 2 is 2.25 bits per heavy atom. The van der Waals surface area contributed by atoms with Crippen LogP contribution in [0.2, 0.25) is 0 Å². The van der Waals surface area contributed by atoms with E-state index in [1.165, 1.54) is 4.90 Å². The maximum atomic E-state index is 11.0. The number of nitrogens with zero attached hydrogens (tertiary/aromatic N) is 2. The van der Waals surface area contributed by atoms with E-state index in [1.54, 1.807) is 14.1 Å². The van der Waals surface area contributed by atoms with E-state index in [2.05, 4.69) is 4.91 Å². The lowest BCUT2D eigenvalue weighted by Crippen LogP contribution is -2.21. The summed E-state index contributed by atoms with van der Waals surface area (Å²) >= 11 is 0. The molecule has 0 saturated carbocycles. The molecule has 1 atom stereocenters. The van der Waals surface area contributed by atoms with Crippen LogP contribution in [0.1, 0.15) is 12.8 Å². The maximum Gasteiger partial charge on any atom is 0.222 e. The molecule has 0 aromatic heterocycles. The Hall–Kier alpha value is -0.510. The summed E-state index contributed by atoms with van der Waals surface area (Å²) in [5, 5.41) is 8.06. The van der Waals surface area contributed by atoms with E-state index in [0.717, 1.165) is 0 Å². The lowest BCUT2D eigenvalue weighted by atomic mass is 10.3. The highest BCUT2D eigenvalue weighted by atomic mass is 31.1. The molecule has 0 aliphatic heterocycles. The van der Waals surface area contributed by atoms with E-state index < -0.39 is 7.94 Å². The van der Waals surface area contributed by atoms with E-state index in [1.807, 2.05) is 0 Å². The van der Waals surface area contributed by atoms with Crippen LogP contribution in [0.5, 0.6) is 0 Å². The Balaban J connectivity index is 3.51. The Morgan fingerprint density at radius 3 is 2.67 bits per heavy atom. The Labute approximate surface area is 72.5 Å². The molecule has 12 heavy (non-hydrogen) atoms. The van der Waals surface area contributed by atoms with Crippen molar-refractivity contribution in [1.82, 2.24) is 4.90 Å². The molecule has 5 nitrogen and oxygen atoms in total. The quantitative estimate of drug-likeness (QED) is 0.510. The van der Waals surface area contributed by atoms with Gasteiger partial charge in [-0.25, -0.2) is 5.21 Å². The fourth-order valence-corrected chi connectivity index (χ4v) is 1.15. The lowest BCUT2D eigenvalue weighted by molar-refractivity contribution is -0.157. The summed E-state index contributed by atoms with van der Waals surface area (Å²) < 4.78 is 0. The Kier molecular flexibility index (Phi) is 5.80. The van der Waals surface area contributed by atoms with Crippen LogP contribution in [0.15, 0.2) is 4.91 Å². The molecular weight excluding hydrogens is 179 g/mol. The Morgan fingerprint density at radius 1 is 1.67 bits per heavy atom. The SMILES string of the molecule is CN(C)C(=O)CCC[P+]([O-])=NO. The van der Waals surface area contributed by atoms with Crippen molar-refractivity contribution in [1.29, 1.82) is 0 Å². The predicted molar refractivity (Wildman–Crippen MR) is 43.9 cm³/mol. The smallest absolute Gasteiger partial charge is 0.222 e. The first-order chi connectivity index (χ1) is 5.57. The van der Waals surface area contributed by atoms with Gasteiger partial charge in [-0.05, 0) is 6.42 Å². The highest BCUT2D eigenvalue weighted by Gasteiger charge is 2.05. The molecule has 0 heterocycles. The molecule has 0 spiro atoms. The summed E-state index contributed by atoms with van der Waals surface area (Å²) in [6.45, 7) is 0. The van der Waals surface area contributed by atoms with Gasteiger partial charge < -0.3 is 9.79 Å². The first-order valence-electron chi connectivity index (χ1n) is 3.57. The first kappa shape index (κ1) is 11.5. The monoisotopic (exact) mass is 192 g/mol. The third-order valence-electron chi connectivity index (χ3n) is 1.34. The summed E-state index contributed by atoms with van der Waals surface area (Å²) in [4.78, 5) is 25.6. The highest BCUT2D eigenvalue weighted by Crippen LogP contribution is 2.14. The molecule has 6 heteroatoms. The minimum atomic E-state index is -1.87. The van der Waals surface area contributed by atoms with E-state index in [4.69, 9.17) is 5.21 Å². The van der Waals surface area contributed by atoms with Crippen molar-refractivity contribution < 1.29 is 14.9 Å². The average molecular weight is 192 g/mol. The van der Waals surface area contributed by atoms with Crippen molar-refractivity contribution in [2.45, 2.75) is 12.8 Å². The summed E-state index contributed by atoms with van der Waals surface area (Å²) in [5.41, 5.74) is 0. The molecule has 0 aliphatic carbocycles. The van der Waals surface area contributed by atoms with Crippen LogP contribution in [0.25, 0.3) is 0 Å². The fraction of sp³-hybridized carbons (Fsp3) is 0.833. The molecule has 1 N–H and O–H groups in total. The van der Waals surface area contributed by atoms with E-state index in [0.29, 0.717) is 12.8 Å². The summed E-state index contributed by atoms with van der Waals surface area (Å²) in [5.74, 6) is -0.00339. The molecule has 0 aromatic carbocycles. The van der Waals surface area contributed by atoms with Crippen LogP contribution >= 0.6 is 7.94 Å². The van der Waals surface area contributed by atoms with Crippen molar-refractivity contribution in [3.8, 4) is 0 Å². The molecule has 0 saturated heterocycles. The van der Waals surface area contributed by atoms with E-state index >= 15 is 0 Å². The van der Waals surface area contributed by atoms with Crippen LogP contribution in [0.3, 0.4) is 0 Å². The van der Waals surface area contributed by atoms with Crippen LogP contribution < -0.4 is 4.89 Å². The van der Waals surface area contributed by atoms with Crippen molar-refractivity contribution in [2.75, 3.05) is 20.3 Å². The topological polar surface area (TPSA) is 76.0 Å². The zero-order valence-corrected chi connectivity index (χ0v) is 8.12. The number of hydrogen-bond acceptors (Lipinski definition) is 3. The number of rotatable bonds is 4. The second-order valence-electron chi connectivity index (χ2n) is 2.56. The summed E-state index contributed by atoms with van der Waals surface area (Å²) in [6.07, 6.45) is 1.12. The second-order valence-corrected chi connectivity index (χ2v) is 3.89. The molecule has 1 unspecified atom stereocenters. The van der Waals surface area contributed by atoms with Crippen molar-refractivity contribution in [3.63, 3.8) is 0 Å². The predicted octanol–water partition coefficient (Wildman–Crippen LogP) is 0.185. The summed E-state index contributed by atoms with van der Waals surface area (Å²) in [7, 11) is 1.46. The first-order valence-corrected chi connectivity index (χ1v) is 4.97. The van der Waals surface area contributed by atoms with Crippen LogP contribution in [-0.4, -0.2) is 36.3 Å². The standard InChI is InChI=1S/C6H13N2O3P/c1-8(2)6(9)4-3-5-12(11)7-10/h10H,3-5H2,1-2H3. The molecule has 1 amide bonds. The van der Waals surface area contributed by atoms with Crippen LogP contribution in [-0.2, 0) is 4.79 Å². The van der Waals surface area contributed by atoms with Crippen LogP contribution in [0, 0.1) is 0 Å². The number of amides is 1. The maximum absolute atomic E-state index is 11.0. The highest BCUT2D eigenvalue weighted by molar-refractivity contribution is 7.39. The van der Waals surface area contributed by atoms with Gasteiger partial charge in [0, 0.05) is 25.4 Å². The second kappa shape index (κ2) is 6.06. The van der Waals surface area contributed by atoms with Gasteiger partial charge in [0.25, 0.3) is 0 Å². The zero-order valence-electron chi connectivity index (χ0n) is 7.23. The van der Waals surface area contributed by atoms with Crippen LogP contribution in [0.4, 0.5) is 0 Å². The molecule has 0 fully saturated rings. The fourth-order valence-electron chi connectivity index (χ4n) is 0.634. The summed E-state index contributed by atoms with van der Waals surface area (Å²) in [6, 6.07) is 0. The minimum absolute atomic E-state index is 0.00339. The average Bonchev–Trinajstić information content (AvgIpc) is 2.03. The molecule has 0 aliphatic rings. The Bertz CT molecular complexity index is 182. The van der Waals surface area contributed by atoms with E-state index in [9.17, 15) is 9.69 Å². The molecule has 70 valence electrons. The van der Waals surface area contributed by atoms with Gasteiger partial charge in [0.2, 0.25) is 13.8 Å². The molecule has 0 bridgehead atoms. The molecular formula is C6H13N2O3P.